The maximum Gasteiger partial charge on any atom is 0.318 e. The number of nitrogens with one attached hydrogen (secondary N) is 2. The standard InChI is InChI=1S/C13H24N4O3.ClH/c14-9-13(5-2-1-3-6-13)8-11(19)16-7-4-10(18)17-12(15)20;/h1-9,14H2,(H,16,19)(H3,15,17,18,20);1H. The van der Waals surface area contributed by atoms with Crippen molar-refractivity contribution in [2.75, 3.05) is 13.1 Å². The molecule has 0 unspecified atom stereocenters. The molecule has 0 bridgehead atoms. The number of amides is 4. The Morgan fingerprint density at radius 3 is 2.19 bits per heavy atom. The summed E-state index contributed by atoms with van der Waals surface area (Å²) < 4.78 is 0. The van der Waals surface area contributed by atoms with Gasteiger partial charge in [0.2, 0.25) is 11.8 Å². The third-order valence-electron chi connectivity index (χ3n) is 3.82. The Labute approximate surface area is 131 Å². The molecule has 8 heteroatoms. The van der Waals surface area contributed by atoms with E-state index in [1.54, 1.807) is 0 Å². The van der Waals surface area contributed by atoms with Crippen LogP contribution in [0.2, 0.25) is 0 Å². The van der Waals surface area contributed by atoms with E-state index in [4.69, 9.17) is 11.5 Å². The molecule has 0 atom stereocenters. The van der Waals surface area contributed by atoms with Gasteiger partial charge in [-0.15, -0.1) is 12.4 Å². The van der Waals surface area contributed by atoms with Gasteiger partial charge in [0.25, 0.3) is 0 Å². The third-order valence-corrected chi connectivity index (χ3v) is 3.82. The highest BCUT2D eigenvalue weighted by Gasteiger charge is 2.32. The molecular formula is C13H25ClN4O3. The van der Waals surface area contributed by atoms with Crippen molar-refractivity contribution in [2.24, 2.45) is 16.9 Å². The fourth-order valence-corrected chi connectivity index (χ4v) is 2.67. The van der Waals surface area contributed by atoms with Crippen LogP contribution in [-0.4, -0.2) is 30.9 Å². The van der Waals surface area contributed by atoms with Crippen LogP contribution in [0.25, 0.3) is 0 Å². The van der Waals surface area contributed by atoms with Gasteiger partial charge in [0.1, 0.15) is 0 Å². The fraction of sp³-hybridized carbons (Fsp3) is 0.769. The van der Waals surface area contributed by atoms with Crippen molar-refractivity contribution >= 4 is 30.3 Å². The lowest BCUT2D eigenvalue weighted by atomic mass is 9.71. The highest BCUT2D eigenvalue weighted by atomic mass is 35.5. The maximum absolute atomic E-state index is 11.9. The second-order valence-corrected chi connectivity index (χ2v) is 5.45. The molecule has 0 aliphatic heterocycles. The van der Waals surface area contributed by atoms with Crippen molar-refractivity contribution in [2.45, 2.75) is 44.9 Å². The summed E-state index contributed by atoms with van der Waals surface area (Å²) in [5, 5.41) is 4.63. The zero-order chi connectivity index (χ0) is 15.0. The summed E-state index contributed by atoms with van der Waals surface area (Å²) in [5.41, 5.74) is 10.5. The number of halogens is 1. The Morgan fingerprint density at radius 1 is 1.05 bits per heavy atom. The molecule has 21 heavy (non-hydrogen) atoms. The number of urea groups is 1. The first kappa shape index (κ1) is 19.7. The number of imide groups is 1. The summed E-state index contributed by atoms with van der Waals surface area (Å²) >= 11 is 0. The molecule has 1 aliphatic rings. The van der Waals surface area contributed by atoms with Crippen molar-refractivity contribution in [1.82, 2.24) is 10.6 Å². The van der Waals surface area contributed by atoms with Gasteiger partial charge in [-0.2, -0.15) is 0 Å². The highest BCUT2D eigenvalue weighted by Crippen LogP contribution is 2.38. The second-order valence-electron chi connectivity index (χ2n) is 5.45. The third kappa shape index (κ3) is 7.29. The largest absolute Gasteiger partial charge is 0.356 e. The average molecular weight is 321 g/mol. The van der Waals surface area contributed by atoms with Crippen LogP contribution >= 0.6 is 12.4 Å². The molecule has 1 aliphatic carbocycles. The number of primary amides is 1. The van der Waals surface area contributed by atoms with Crippen LogP contribution in [-0.2, 0) is 9.59 Å². The van der Waals surface area contributed by atoms with Crippen LogP contribution in [0.5, 0.6) is 0 Å². The molecule has 1 saturated carbocycles. The van der Waals surface area contributed by atoms with E-state index in [0.29, 0.717) is 13.0 Å². The van der Waals surface area contributed by atoms with Gasteiger partial charge in [-0.3, -0.25) is 14.9 Å². The summed E-state index contributed by atoms with van der Waals surface area (Å²) in [6.07, 6.45) is 5.84. The Hall–Kier alpha value is -1.34. The molecule has 0 radical (unpaired) electrons. The van der Waals surface area contributed by atoms with Crippen LogP contribution in [0.1, 0.15) is 44.9 Å². The second kappa shape index (κ2) is 9.57. The first-order valence-corrected chi connectivity index (χ1v) is 7.03. The molecule has 122 valence electrons. The Kier molecular flexibility index (Phi) is 8.96. The van der Waals surface area contributed by atoms with Gasteiger partial charge in [0.05, 0.1) is 0 Å². The maximum atomic E-state index is 11.9. The first-order valence-electron chi connectivity index (χ1n) is 7.03. The first-order chi connectivity index (χ1) is 9.47. The van der Waals surface area contributed by atoms with Gasteiger partial charge in [-0.1, -0.05) is 19.3 Å². The molecule has 7 nitrogen and oxygen atoms in total. The van der Waals surface area contributed by atoms with Crippen molar-refractivity contribution in [3.8, 4) is 0 Å². The fourth-order valence-electron chi connectivity index (χ4n) is 2.67. The lowest BCUT2D eigenvalue weighted by Gasteiger charge is -2.35. The van der Waals surface area contributed by atoms with Crippen LogP contribution in [0.15, 0.2) is 0 Å². The number of hydrogen-bond donors (Lipinski definition) is 4. The smallest absolute Gasteiger partial charge is 0.318 e. The van der Waals surface area contributed by atoms with E-state index < -0.39 is 11.9 Å². The van der Waals surface area contributed by atoms with E-state index in [1.165, 1.54) is 6.42 Å². The Balaban J connectivity index is 0.00000400. The van der Waals surface area contributed by atoms with Gasteiger partial charge in [-0.25, -0.2) is 4.79 Å². The van der Waals surface area contributed by atoms with E-state index in [2.05, 4.69) is 5.32 Å². The minimum atomic E-state index is -0.884. The average Bonchev–Trinajstić information content (AvgIpc) is 2.38. The summed E-state index contributed by atoms with van der Waals surface area (Å²) in [6.45, 7) is 0.710. The molecule has 0 heterocycles. The molecule has 1 fully saturated rings. The highest BCUT2D eigenvalue weighted by molar-refractivity contribution is 5.93. The topological polar surface area (TPSA) is 127 Å². The van der Waals surface area contributed by atoms with Crippen molar-refractivity contribution < 1.29 is 14.4 Å². The predicted octanol–water partition coefficient (Wildman–Crippen LogP) is 0.409. The van der Waals surface area contributed by atoms with Crippen molar-refractivity contribution in [3.05, 3.63) is 0 Å². The normalized spacial score (nSPS) is 16.4. The van der Waals surface area contributed by atoms with E-state index >= 15 is 0 Å². The number of carbonyl (C=O) groups is 3. The van der Waals surface area contributed by atoms with Crippen LogP contribution in [0, 0.1) is 5.41 Å². The minimum Gasteiger partial charge on any atom is -0.356 e. The lowest BCUT2D eigenvalue weighted by molar-refractivity contribution is -0.124. The van der Waals surface area contributed by atoms with E-state index in [9.17, 15) is 14.4 Å². The Morgan fingerprint density at radius 2 is 1.67 bits per heavy atom. The SMILES string of the molecule is Cl.NCC1(CC(=O)NCCC(=O)NC(N)=O)CCCCC1. The minimum absolute atomic E-state index is 0. The molecule has 4 amide bonds. The van der Waals surface area contributed by atoms with E-state index in [0.717, 1.165) is 25.7 Å². The van der Waals surface area contributed by atoms with Gasteiger partial charge < -0.3 is 16.8 Å². The van der Waals surface area contributed by atoms with E-state index in [-0.39, 0.29) is 36.7 Å². The van der Waals surface area contributed by atoms with Gasteiger partial charge in [-0.05, 0) is 24.8 Å². The van der Waals surface area contributed by atoms with Crippen LogP contribution in [0.3, 0.4) is 0 Å². The van der Waals surface area contributed by atoms with Crippen molar-refractivity contribution in [3.63, 3.8) is 0 Å². The molecule has 0 aromatic rings. The summed E-state index contributed by atoms with van der Waals surface area (Å²) in [4.78, 5) is 33.5. The molecule has 1 rings (SSSR count). The summed E-state index contributed by atoms with van der Waals surface area (Å²) in [5.74, 6) is -0.590. The number of nitrogens with two attached hydrogens (primary N) is 2. The molecule has 6 N–H and O–H groups in total. The van der Waals surface area contributed by atoms with Gasteiger partial charge in [0, 0.05) is 19.4 Å². The van der Waals surface area contributed by atoms with Crippen LogP contribution in [0.4, 0.5) is 4.79 Å². The quantitative estimate of drug-likeness (QED) is 0.565. The van der Waals surface area contributed by atoms with Gasteiger partial charge >= 0.3 is 6.03 Å². The number of hydrogen-bond acceptors (Lipinski definition) is 4. The predicted molar refractivity (Wildman–Crippen MR) is 81.8 cm³/mol. The molecule has 0 aromatic carbocycles. The zero-order valence-electron chi connectivity index (χ0n) is 12.2. The Bertz CT molecular complexity index is 370. The monoisotopic (exact) mass is 320 g/mol. The molecule has 0 saturated heterocycles. The van der Waals surface area contributed by atoms with E-state index in [1.807, 2.05) is 5.32 Å². The van der Waals surface area contributed by atoms with Crippen molar-refractivity contribution in [1.29, 1.82) is 0 Å². The van der Waals surface area contributed by atoms with Gasteiger partial charge in [0.15, 0.2) is 0 Å². The molecule has 0 spiro atoms. The summed E-state index contributed by atoms with van der Waals surface area (Å²) in [7, 11) is 0. The number of carbonyl (C=O) groups excluding carboxylic acids is 3. The van der Waals surface area contributed by atoms with Crippen LogP contribution < -0.4 is 22.1 Å². The number of rotatable bonds is 6. The zero-order valence-corrected chi connectivity index (χ0v) is 13.0. The molecular weight excluding hydrogens is 296 g/mol. The molecule has 0 aromatic heterocycles. The lowest BCUT2D eigenvalue weighted by Crippen LogP contribution is -2.40. The summed E-state index contributed by atoms with van der Waals surface area (Å²) in [6, 6.07) is -0.884.